The van der Waals surface area contributed by atoms with Crippen molar-refractivity contribution in [2.24, 2.45) is 7.05 Å². The minimum absolute atomic E-state index is 0.374. The Hall–Kier alpha value is -1.84. The molecule has 0 saturated carbocycles. The lowest BCUT2D eigenvalue weighted by Gasteiger charge is -2.32. The Kier molecular flexibility index (Phi) is 2.91. The highest BCUT2D eigenvalue weighted by Crippen LogP contribution is 2.37. The van der Waals surface area contributed by atoms with Crippen LogP contribution < -0.4 is 5.46 Å². The highest BCUT2D eigenvalue weighted by Gasteiger charge is 2.52. The Morgan fingerprint density at radius 3 is 2.43 bits per heavy atom. The SMILES string of the molecule is Cn1ccc2nc(C#N)cc(B3OC(C)(C)C(C)(C)O3)c21. The van der Waals surface area contributed by atoms with E-state index in [9.17, 15) is 5.26 Å². The number of hydrogen-bond donors (Lipinski definition) is 0. The van der Waals surface area contributed by atoms with Crippen LogP contribution in [0.4, 0.5) is 0 Å². The van der Waals surface area contributed by atoms with Crippen LogP contribution in [0.25, 0.3) is 11.0 Å². The number of hydrogen-bond acceptors (Lipinski definition) is 4. The summed E-state index contributed by atoms with van der Waals surface area (Å²) in [5.41, 5.74) is 2.12. The molecule has 3 rings (SSSR count). The molecule has 0 atom stereocenters. The number of aromatic nitrogens is 2. The maximum Gasteiger partial charge on any atom is 0.497 e. The zero-order valence-corrected chi connectivity index (χ0v) is 13.0. The number of pyridine rings is 1. The van der Waals surface area contributed by atoms with E-state index in [1.807, 2.05) is 51.6 Å². The first-order valence-electron chi connectivity index (χ1n) is 6.97. The summed E-state index contributed by atoms with van der Waals surface area (Å²) in [6, 6.07) is 5.75. The fourth-order valence-corrected chi connectivity index (χ4v) is 2.54. The topological polar surface area (TPSA) is 60.1 Å². The highest BCUT2D eigenvalue weighted by molar-refractivity contribution is 6.65. The van der Waals surface area contributed by atoms with Gasteiger partial charge in [-0.25, -0.2) is 4.98 Å². The van der Waals surface area contributed by atoms with Crippen LogP contribution >= 0.6 is 0 Å². The van der Waals surface area contributed by atoms with Crippen molar-refractivity contribution in [1.82, 2.24) is 9.55 Å². The van der Waals surface area contributed by atoms with E-state index >= 15 is 0 Å². The molecule has 0 aliphatic carbocycles. The maximum absolute atomic E-state index is 9.18. The third kappa shape index (κ3) is 2.05. The molecule has 6 heteroatoms. The molecule has 0 unspecified atom stereocenters. The molecule has 3 heterocycles. The van der Waals surface area contributed by atoms with E-state index in [2.05, 4.69) is 11.1 Å². The molecule has 0 amide bonds. The summed E-state index contributed by atoms with van der Waals surface area (Å²) in [5.74, 6) is 0. The van der Waals surface area contributed by atoms with Gasteiger partial charge in [-0.05, 0) is 39.8 Å². The van der Waals surface area contributed by atoms with E-state index in [0.717, 1.165) is 16.5 Å². The number of rotatable bonds is 1. The summed E-state index contributed by atoms with van der Waals surface area (Å²) < 4.78 is 14.2. The van der Waals surface area contributed by atoms with Crippen molar-refractivity contribution in [3.05, 3.63) is 24.0 Å². The van der Waals surface area contributed by atoms with E-state index in [1.54, 1.807) is 6.07 Å². The van der Waals surface area contributed by atoms with Gasteiger partial charge in [-0.2, -0.15) is 5.26 Å². The molecule has 0 aromatic carbocycles. The van der Waals surface area contributed by atoms with Crippen LogP contribution in [0, 0.1) is 11.3 Å². The fourth-order valence-electron chi connectivity index (χ4n) is 2.54. The van der Waals surface area contributed by atoms with Crippen molar-refractivity contribution in [3.63, 3.8) is 0 Å². The van der Waals surface area contributed by atoms with E-state index in [-0.39, 0.29) is 0 Å². The maximum atomic E-state index is 9.18. The molecule has 1 aliphatic heterocycles. The van der Waals surface area contributed by atoms with Gasteiger partial charge < -0.3 is 13.9 Å². The zero-order chi connectivity index (χ0) is 15.4. The Balaban J connectivity index is 2.17. The van der Waals surface area contributed by atoms with Crippen molar-refractivity contribution in [2.45, 2.75) is 38.9 Å². The van der Waals surface area contributed by atoms with Crippen molar-refractivity contribution in [1.29, 1.82) is 5.26 Å². The van der Waals surface area contributed by atoms with Gasteiger partial charge in [0.2, 0.25) is 0 Å². The fraction of sp³-hybridized carbons (Fsp3) is 0.467. The molecular formula is C15H18BN3O2. The number of aryl methyl sites for hydroxylation is 1. The average Bonchev–Trinajstić information content (AvgIpc) is 2.87. The first kappa shape index (κ1) is 14.1. The normalized spacial score (nSPS) is 19.9. The Morgan fingerprint density at radius 2 is 1.86 bits per heavy atom. The van der Waals surface area contributed by atoms with Gasteiger partial charge in [-0.1, -0.05) is 0 Å². The van der Waals surface area contributed by atoms with Crippen LogP contribution in [0.1, 0.15) is 33.4 Å². The lowest BCUT2D eigenvalue weighted by Crippen LogP contribution is -2.41. The van der Waals surface area contributed by atoms with Gasteiger partial charge in [-0.3, -0.25) is 0 Å². The molecule has 0 radical (unpaired) electrons. The predicted molar refractivity (Wildman–Crippen MR) is 81.1 cm³/mol. The minimum atomic E-state index is -0.499. The van der Waals surface area contributed by atoms with Crippen LogP contribution in [0.3, 0.4) is 0 Å². The van der Waals surface area contributed by atoms with Crippen LogP contribution in [-0.4, -0.2) is 27.9 Å². The monoisotopic (exact) mass is 283 g/mol. The predicted octanol–water partition coefficient (Wildman–Crippen LogP) is 1.74. The van der Waals surface area contributed by atoms with Gasteiger partial charge in [0, 0.05) is 18.7 Å². The van der Waals surface area contributed by atoms with Gasteiger partial charge in [0.1, 0.15) is 11.8 Å². The second-order valence-electron chi connectivity index (χ2n) is 6.46. The summed E-state index contributed by atoms with van der Waals surface area (Å²) in [6.45, 7) is 8.06. The van der Waals surface area contributed by atoms with Crippen LogP contribution in [-0.2, 0) is 16.4 Å². The molecule has 2 aromatic rings. The smallest absolute Gasteiger partial charge is 0.399 e. The Morgan fingerprint density at radius 1 is 1.24 bits per heavy atom. The summed E-state index contributed by atoms with van der Waals surface area (Å²) in [6.07, 6.45) is 1.92. The number of fused-ring (bicyclic) bond motifs is 1. The van der Waals surface area contributed by atoms with Crippen LogP contribution in [0.15, 0.2) is 18.3 Å². The molecule has 0 bridgehead atoms. The summed E-state index contributed by atoms with van der Waals surface area (Å²) in [5, 5.41) is 9.18. The van der Waals surface area contributed by atoms with Gasteiger partial charge in [-0.15, -0.1) is 0 Å². The molecule has 0 N–H and O–H groups in total. The zero-order valence-electron chi connectivity index (χ0n) is 13.0. The van der Waals surface area contributed by atoms with Crippen molar-refractivity contribution in [2.75, 3.05) is 0 Å². The number of nitriles is 1. The first-order valence-corrected chi connectivity index (χ1v) is 6.97. The molecule has 1 saturated heterocycles. The molecule has 108 valence electrons. The minimum Gasteiger partial charge on any atom is -0.399 e. The van der Waals surface area contributed by atoms with E-state index in [1.165, 1.54) is 0 Å². The molecule has 1 fully saturated rings. The quantitative estimate of drug-likeness (QED) is 0.748. The lowest BCUT2D eigenvalue weighted by molar-refractivity contribution is 0.00578. The van der Waals surface area contributed by atoms with E-state index in [0.29, 0.717) is 5.69 Å². The second-order valence-corrected chi connectivity index (χ2v) is 6.46. The van der Waals surface area contributed by atoms with Crippen LogP contribution in [0.5, 0.6) is 0 Å². The third-order valence-electron chi connectivity index (χ3n) is 4.48. The highest BCUT2D eigenvalue weighted by atomic mass is 16.7. The van der Waals surface area contributed by atoms with Crippen molar-refractivity contribution >= 4 is 23.6 Å². The molecule has 5 nitrogen and oxygen atoms in total. The van der Waals surface area contributed by atoms with Gasteiger partial charge in [0.25, 0.3) is 0 Å². The summed E-state index contributed by atoms with van der Waals surface area (Å²) >= 11 is 0. The van der Waals surface area contributed by atoms with Crippen molar-refractivity contribution in [3.8, 4) is 6.07 Å². The third-order valence-corrected chi connectivity index (χ3v) is 4.48. The summed E-state index contributed by atoms with van der Waals surface area (Å²) in [4.78, 5) is 4.33. The average molecular weight is 283 g/mol. The largest absolute Gasteiger partial charge is 0.497 e. The van der Waals surface area contributed by atoms with Gasteiger partial charge in [0.15, 0.2) is 0 Å². The number of nitrogens with zero attached hydrogens (tertiary/aromatic N) is 3. The first-order chi connectivity index (χ1) is 9.75. The molecule has 2 aromatic heterocycles. The van der Waals surface area contributed by atoms with E-state index < -0.39 is 18.3 Å². The van der Waals surface area contributed by atoms with Crippen LogP contribution in [0.2, 0.25) is 0 Å². The van der Waals surface area contributed by atoms with Gasteiger partial charge in [0.05, 0.1) is 22.2 Å². The van der Waals surface area contributed by atoms with Crippen molar-refractivity contribution < 1.29 is 9.31 Å². The molecule has 21 heavy (non-hydrogen) atoms. The molecular weight excluding hydrogens is 265 g/mol. The molecule has 0 spiro atoms. The molecule has 1 aliphatic rings. The van der Waals surface area contributed by atoms with E-state index in [4.69, 9.17) is 9.31 Å². The van der Waals surface area contributed by atoms with Gasteiger partial charge >= 0.3 is 7.12 Å². The standard InChI is InChI=1S/C15H18BN3O2/c1-14(2)15(3,4)21-16(20-14)11-8-10(9-17)18-12-6-7-19(5)13(11)12/h6-8H,1-5H3. The Bertz CT molecular complexity index is 742. The lowest BCUT2D eigenvalue weighted by atomic mass is 9.78. The Labute approximate surface area is 124 Å². The second kappa shape index (κ2) is 4.33. The summed E-state index contributed by atoms with van der Waals surface area (Å²) in [7, 11) is 1.45.